The minimum absolute atomic E-state index is 0.302. The molecule has 3 aromatic rings. The van der Waals surface area contributed by atoms with Crippen LogP contribution in [0.1, 0.15) is 26.4 Å². The predicted octanol–water partition coefficient (Wildman–Crippen LogP) is 3.69. The minimum atomic E-state index is -0.913. The number of carboxylic acid groups (broad SMARTS) is 1. The summed E-state index contributed by atoms with van der Waals surface area (Å²) in [5, 5.41) is 8.97. The van der Waals surface area contributed by atoms with Gasteiger partial charge in [-0.15, -0.1) is 0 Å². The van der Waals surface area contributed by atoms with E-state index in [1.807, 2.05) is 6.20 Å². The van der Waals surface area contributed by atoms with Crippen molar-refractivity contribution in [3.05, 3.63) is 46.1 Å². The number of benzene rings is 1. The van der Waals surface area contributed by atoms with Gasteiger partial charge in [0.2, 0.25) is 0 Å². The molecule has 0 radical (unpaired) electrons. The highest BCUT2D eigenvalue weighted by Gasteiger charge is 2.13. The van der Waals surface area contributed by atoms with Crippen LogP contribution in [0.15, 0.2) is 24.5 Å². The van der Waals surface area contributed by atoms with Crippen LogP contribution in [0, 0.1) is 20.8 Å². The van der Waals surface area contributed by atoms with Crippen LogP contribution < -0.4 is 0 Å². The Balaban J connectivity index is 2.13. The Morgan fingerprint density at radius 1 is 1.15 bits per heavy atom. The first-order valence-electron chi connectivity index (χ1n) is 6.26. The fourth-order valence-electron chi connectivity index (χ4n) is 2.26. The Morgan fingerprint density at radius 3 is 2.50 bits per heavy atom. The summed E-state index contributed by atoms with van der Waals surface area (Å²) in [7, 11) is 0. The van der Waals surface area contributed by atoms with Gasteiger partial charge in [0.1, 0.15) is 4.88 Å². The van der Waals surface area contributed by atoms with E-state index in [1.54, 1.807) is 10.6 Å². The molecule has 4 nitrogen and oxygen atoms in total. The maximum Gasteiger partial charge on any atom is 0.347 e. The first-order chi connectivity index (χ1) is 9.45. The Labute approximate surface area is 120 Å². The van der Waals surface area contributed by atoms with E-state index < -0.39 is 5.97 Å². The third kappa shape index (κ3) is 2.00. The molecule has 0 spiro atoms. The van der Waals surface area contributed by atoms with E-state index in [0.717, 1.165) is 11.3 Å². The van der Waals surface area contributed by atoms with E-state index in [-0.39, 0.29) is 0 Å². The van der Waals surface area contributed by atoms with Gasteiger partial charge in [0.05, 0.1) is 5.69 Å². The van der Waals surface area contributed by atoms with E-state index in [2.05, 4.69) is 37.9 Å². The molecule has 3 rings (SSSR count). The number of aryl methyl sites for hydroxylation is 3. The molecule has 0 bridgehead atoms. The van der Waals surface area contributed by atoms with Gasteiger partial charge in [0, 0.05) is 18.0 Å². The molecule has 0 aliphatic carbocycles. The summed E-state index contributed by atoms with van der Waals surface area (Å²) in [5.74, 6) is -0.913. The second-order valence-electron chi connectivity index (χ2n) is 4.97. The van der Waals surface area contributed by atoms with E-state index in [9.17, 15) is 4.79 Å². The minimum Gasteiger partial charge on any atom is -0.477 e. The number of aromatic carboxylic acids is 1. The molecular formula is C15H14N2O2S. The molecule has 0 saturated carbocycles. The summed E-state index contributed by atoms with van der Waals surface area (Å²) in [5.41, 5.74) is 5.65. The van der Waals surface area contributed by atoms with Crippen molar-refractivity contribution in [1.29, 1.82) is 0 Å². The third-order valence-corrected chi connectivity index (χ3v) is 4.47. The third-order valence-electron chi connectivity index (χ3n) is 3.48. The molecule has 0 fully saturated rings. The van der Waals surface area contributed by atoms with Gasteiger partial charge in [-0.25, -0.2) is 9.78 Å². The molecule has 2 aromatic heterocycles. The maximum atomic E-state index is 10.9. The van der Waals surface area contributed by atoms with Gasteiger partial charge in [-0.2, -0.15) is 0 Å². The molecule has 1 N–H and O–H groups in total. The Morgan fingerprint density at radius 2 is 1.85 bits per heavy atom. The smallest absolute Gasteiger partial charge is 0.347 e. The summed E-state index contributed by atoms with van der Waals surface area (Å²) >= 11 is 1.19. The molecule has 0 unspecified atom stereocenters. The van der Waals surface area contributed by atoms with Crippen molar-refractivity contribution in [2.24, 2.45) is 0 Å². The summed E-state index contributed by atoms with van der Waals surface area (Å²) in [4.78, 5) is 16.5. The van der Waals surface area contributed by atoms with Crippen LogP contribution >= 0.6 is 11.3 Å². The normalized spacial score (nSPS) is 11.2. The van der Waals surface area contributed by atoms with Crippen molar-refractivity contribution in [1.82, 2.24) is 9.38 Å². The summed E-state index contributed by atoms with van der Waals surface area (Å²) < 4.78 is 1.78. The number of rotatable bonds is 2. The van der Waals surface area contributed by atoms with Crippen molar-refractivity contribution < 1.29 is 9.90 Å². The fraction of sp³-hybridized carbons (Fsp3) is 0.200. The van der Waals surface area contributed by atoms with Crippen LogP contribution in [0.25, 0.3) is 16.2 Å². The quantitative estimate of drug-likeness (QED) is 0.781. The van der Waals surface area contributed by atoms with Crippen LogP contribution in [0.3, 0.4) is 0 Å². The Bertz CT molecular complexity index is 798. The van der Waals surface area contributed by atoms with Gasteiger partial charge in [0.25, 0.3) is 0 Å². The molecule has 20 heavy (non-hydrogen) atoms. The molecule has 5 heteroatoms. The van der Waals surface area contributed by atoms with Crippen molar-refractivity contribution >= 4 is 22.3 Å². The predicted molar refractivity (Wildman–Crippen MR) is 79.7 cm³/mol. The van der Waals surface area contributed by atoms with Crippen LogP contribution in [0.4, 0.5) is 0 Å². The van der Waals surface area contributed by atoms with E-state index >= 15 is 0 Å². The second kappa shape index (κ2) is 4.45. The number of imidazole rings is 1. The maximum absolute atomic E-state index is 10.9. The highest BCUT2D eigenvalue weighted by Crippen LogP contribution is 2.28. The van der Waals surface area contributed by atoms with Crippen LogP contribution in [0.2, 0.25) is 0 Å². The van der Waals surface area contributed by atoms with Crippen molar-refractivity contribution in [2.75, 3.05) is 0 Å². The summed E-state index contributed by atoms with van der Waals surface area (Å²) in [6.45, 7) is 6.24. The van der Waals surface area contributed by atoms with Crippen molar-refractivity contribution in [2.45, 2.75) is 20.8 Å². The molecule has 102 valence electrons. The molecular weight excluding hydrogens is 272 g/mol. The van der Waals surface area contributed by atoms with E-state index in [4.69, 9.17) is 5.11 Å². The van der Waals surface area contributed by atoms with Gasteiger partial charge in [-0.3, -0.25) is 4.40 Å². The largest absolute Gasteiger partial charge is 0.477 e. The number of aromatic nitrogens is 2. The van der Waals surface area contributed by atoms with Crippen molar-refractivity contribution in [3.8, 4) is 11.3 Å². The number of carboxylic acids is 1. The van der Waals surface area contributed by atoms with Gasteiger partial charge in [0.15, 0.2) is 4.96 Å². The van der Waals surface area contributed by atoms with Gasteiger partial charge in [-0.1, -0.05) is 17.4 Å². The average Bonchev–Trinajstić information content (AvgIpc) is 2.91. The molecule has 1 aromatic carbocycles. The highest BCUT2D eigenvalue weighted by molar-refractivity contribution is 7.18. The van der Waals surface area contributed by atoms with Crippen LogP contribution in [0.5, 0.6) is 0 Å². The lowest BCUT2D eigenvalue weighted by Crippen LogP contribution is -1.91. The van der Waals surface area contributed by atoms with Crippen LogP contribution in [-0.4, -0.2) is 20.5 Å². The van der Waals surface area contributed by atoms with E-state index in [0.29, 0.717) is 9.84 Å². The molecule has 0 aliphatic heterocycles. The zero-order chi connectivity index (χ0) is 14.4. The molecule has 0 amide bonds. The Kier molecular flexibility index (Phi) is 2.87. The lowest BCUT2D eigenvalue weighted by Gasteiger charge is -2.07. The molecule has 0 saturated heterocycles. The topological polar surface area (TPSA) is 54.6 Å². The number of hydrogen-bond acceptors (Lipinski definition) is 3. The molecule has 0 atom stereocenters. The SMILES string of the molecule is Cc1cc(C)c(-c2cn3cc(C(=O)O)sc3n2)cc1C. The zero-order valence-corrected chi connectivity index (χ0v) is 12.3. The number of carbonyl (C=O) groups is 1. The van der Waals surface area contributed by atoms with Crippen molar-refractivity contribution in [3.63, 3.8) is 0 Å². The Hall–Kier alpha value is -2.14. The molecule has 2 heterocycles. The van der Waals surface area contributed by atoms with E-state index in [1.165, 1.54) is 28.0 Å². The number of nitrogens with zero attached hydrogens (tertiary/aromatic N) is 2. The first kappa shape index (κ1) is 12.9. The summed E-state index contributed by atoms with van der Waals surface area (Å²) in [6, 6.07) is 4.29. The molecule has 0 aliphatic rings. The zero-order valence-electron chi connectivity index (χ0n) is 11.5. The van der Waals surface area contributed by atoms with Gasteiger partial charge in [-0.05, 0) is 43.5 Å². The fourth-order valence-corrected chi connectivity index (χ4v) is 3.07. The summed E-state index contributed by atoms with van der Waals surface area (Å²) in [6.07, 6.45) is 3.49. The van der Waals surface area contributed by atoms with Crippen LogP contribution in [-0.2, 0) is 0 Å². The average molecular weight is 286 g/mol. The first-order valence-corrected chi connectivity index (χ1v) is 7.07. The second-order valence-corrected chi connectivity index (χ2v) is 5.98. The standard InChI is InChI=1S/C15H14N2O2S/c1-8-4-10(3)11(5-9(8)2)12-6-17-7-13(14(18)19)20-15(17)16-12/h4-7H,1-3H3,(H,18,19). The number of fused-ring (bicyclic) bond motifs is 1. The highest BCUT2D eigenvalue weighted by atomic mass is 32.1. The lowest BCUT2D eigenvalue weighted by molar-refractivity contribution is 0.0702. The number of thiazole rings is 1. The number of hydrogen-bond donors (Lipinski definition) is 1. The monoisotopic (exact) mass is 286 g/mol. The van der Waals surface area contributed by atoms with Gasteiger partial charge < -0.3 is 5.11 Å². The van der Waals surface area contributed by atoms with Gasteiger partial charge >= 0.3 is 5.97 Å². The lowest BCUT2D eigenvalue weighted by atomic mass is 9.99.